The summed E-state index contributed by atoms with van der Waals surface area (Å²) in [6.45, 7) is 6.23. The van der Waals surface area contributed by atoms with Gasteiger partial charge in [0.05, 0.1) is 5.69 Å². The first kappa shape index (κ1) is 15.7. The van der Waals surface area contributed by atoms with Crippen molar-refractivity contribution in [3.8, 4) is 11.5 Å². The summed E-state index contributed by atoms with van der Waals surface area (Å²) in [7, 11) is 0. The highest BCUT2D eigenvalue weighted by Crippen LogP contribution is 2.25. The maximum absolute atomic E-state index is 12.9. The van der Waals surface area contributed by atoms with Gasteiger partial charge in [-0.05, 0) is 24.3 Å². The lowest BCUT2D eigenvalue weighted by Crippen LogP contribution is -2.13. The van der Waals surface area contributed by atoms with Gasteiger partial charge in [-0.15, -0.1) is 5.10 Å². The van der Waals surface area contributed by atoms with E-state index in [4.69, 9.17) is 4.42 Å². The molecule has 0 aliphatic rings. The molecule has 0 saturated carbocycles. The van der Waals surface area contributed by atoms with Crippen LogP contribution in [0.4, 0.5) is 4.39 Å². The molecule has 2 aromatic heterocycles. The highest BCUT2D eigenvalue weighted by atomic mass is 32.2. The van der Waals surface area contributed by atoms with Crippen LogP contribution in [0.15, 0.2) is 40.1 Å². The van der Waals surface area contributed by atoms with E-state index in [1.54, 1.807) is 18.4 Å². The number of H-pyrrole nitrogens is 1. The second kappa shape index (κ2) is 6.16. The van der Waals surface area contributed by atoms with Crippen molar-refractivity contribution in [2.45, 2.75) is 37.1 Å². The highest BCUT2D eigenvalue weighted by molar-refractivity contribution is 7.98. The van der Waals surface area contributed by atoms with Crippen molar-refractivity contribution >= 4 is 11.8 Å². The van der Waals surface area contributed by atoms with Crippen LogP contribution in [0.3, 0.4) is 0 Å². The lowest BCUT2D eigenvalue weighted by atomic mass is 9.96. The molecule has 0 fully saturated rings. The number of halogens is 1. The molecule has 1 N–H and O–H groups in total. The first-order valence-electron chi connectivity index (χ1n) is 7.18. The minimum absolute atomic E-state index is 0.0601. The van der Waals surface area contributed by atoms with Crippen molar-refractivity contribution in [3.63, 3.8) is 0 Å². The molecule has 0 unspecified atom stereocenters. The Morgan fingerprint density at radius 2 is 1.91 bits per heavy atom. The van der Waals surface area contributed by atoms with Crippen LogP contribution in [-0.2, 0) is 11.2 Å². The van der Waals surface area contributed by atoms with Crippen LogP contribution in [-0.4, -0.2) is 20.2 Å². The van der Waals surface area contributed by atoms with Gasteiger partial charge >= 0.3 is 0 Å². The van der Waals surface area contributed by atoms with E-state index in [0.29, 0.717) is 16.8 Å². The van der Waals surface area contributed by atoms with Gasteiger partial charge in [0.1, 0.15) is 17.9 Å². The monoisotopic (exact) mass is 332 g/mol. The van der Waals surface area contributed by atoms with Crippen LogP contribution in [0.2, 0.25) is 0 Å². The molecule has 5 nitrogen and oxygen atoms in total. The third kappa shape index (κ3) is 3.79. The lowest BCUT2D eigenvalue weighted by molar-refractivity contribution is 0.547. The van der Waals surface area contributed by atoms with Crippen molar-refractivity contribution in [1.82, 2.24) is 20.2 Å². The fourth-order valence-electron chi connectivity index (χ4n) is 1.88. The third-order valence-electron chi connectivity index (χ3n) is 3.17. The smallest absolute Gasteiger partial charge is 0.226 e. The van der Waals surface area contributed by atoms with Crippen LogP contribution in [0.25, 0.3) is 11.5 Å². The molecular weight excluding hydrogens is 315 g/mol. The van der Waals surface area contributed by atoms with Gasteiger partial charge in [-0.25, -0.2) is 14.4 Å². The summed E-state index contributed by atoms with van der Waals surface area (Å²) < 4.78 is 18.4. The minimum Gasteiger partial charge on any atom is -0.444 e. The molecule has 23 heavy (non-hydrogen) atoms. The van der Waals surface area contributed by atoms with Crippen molar-refractivity contribution in [2.24, 2.45) is 0 Å². The fourth-order valence-corrected chi connectivity index (χ4v) is 2.56. The van der Waals surface area contributed by atoms with E-state index in [0.717, 1.165) is 17.1 Å². The number of thioether (sulfide) groups is 1. The van der Waals surface area contributed by atoms with E-state index in [1.807, 2.05) is 0 Å². The Labute approximate surface area is 137 Å². The number of aromatic amines is 1. The summed E-state index contributed by atoms with van der Waals surface area (Å²) in [4.78, 5) is 8.87. The standard InChI is InChI=1S/C16H17FN4OS/c1-16(2,3)14-19-15(21-20-14)23-9-12-8-22-13(18-12)10-4-6-11(17)7-5-10/h4-8H,9H2,1-3H3,(H,19,20,21). The Morgan fingerprint density at radius 1 is 1.17 bits per heavy atom. The quantitative estimate of drug-likeness (QED) is 0.726. The summed E-state index contributed by atoms with van der Waals surface area (Å²) in [5.41, 5.74) is 1.47. The number of rotatable bonds is 4. The van der Waals surface area contributed by atoms with E-state index >= 15 is 0 Å². The molecule has 0 aliphatic carbocycles. The van der Waals surface area contributed by atoms with Gasteiger partial charge < -0.3 is 4.42 Å². The van der Waals surface area contributed by atoms with Crippen LogP contribution < -0.4 is 0 Å². The van der Waals surface area contributed by atoms with E-state index in [-0.39, 0.29) is 11.2 Å². The zero-order valence-electron chi connectivity index (χ0n) is 13.1. The van der Waals surface area contributed by atoms with Crippen molar-refractivity contribution in [3.05, 3.63) is 47.9 Å². The molecule has 3 rings (SSSR count). The van der Waals surface area contributed by atoms with Gasteiger partial charge in [0.15, 0.2) is 0 Å². The zero-order valence-corrected chi connectivity index (χ0v) is 13.9. The first-order valence-corrected chi connectivity index (χ1v) is 8.16. The van der Waals surface area contributed by atoms with E-state index < -0.39 is 0 Å². The zero-order chi connectivity index (χ0) is 16.4. The van der Waals surface area contributed by atoms with Gasteiger partial charge in [0.2, 0.25) is 11.0 Å². The third-order valence-corrected chi connectivity index (χ3v) is 4.05. The Balaban J connectivity index is 1.65. The van der Waals surface area contributed by atoms with Gasteiger partial charge in [-0.2, -0.15) is 0 Å². The van der Waals surface area contributed by atoms with Gasteiger partial charge in [0.25, 0.3) is 0 Å². The Kier molecular flexibility index (Phi) is 4.21. The summed E-state index contributed by atoms with van der Waals surface area (Å²) in [6.07, 6.45) is 1.60. The summed E-state index contributed by atoms with van der Waals surface area (Å²) in [6, 6.07) is 6.05. The van der Waals surface area contributed by atoms with Gasteiger partial charge in [-0.1, -0.05) is 32.5 Å². The van der Waals surface area contributed by atoms with E-state index in [9.17, 15) is 4.39 Å². The predicted octanol–water partition coefficient (Wildman–Crippen LogP) is 4.19. The topological polar surface area (TPSA) is 67.6 Å². The normalized spacial score (nSPS) is 11.8. The minimum atomic E-state index is -0.282. The first-order chi connectivity index (χ1) is 10.9. The fraction of sp³-hybridized carbons (Fsp3) is 0.312. The van der Waals surface area contributed by atoms with E-state index in [2.05, 4.69) is 40.9 Å². The maximum atomic E-state index is 12.9. The number of oxazole rings is 1. The molecular formula is C16H17FN4OS. The molecule has 7 heteroatoms. The summed E-state index contributed by atoms with van der Waals surface area (Å²) in [5.74, 6) is 1.65. The van der Waals surface area contributed by atoms with Gasteiger partial charge in [0, 0.05) is 16.7 Å². The number of hydrogen-bond donors (Lipinski definition) is 1. The van der Waals surface area contributed by atoms with Crippen LogP contribution in [0.1, 0.15) is 32.3 Å². The van der Waals surface area contributed by atoms with Crippen molar-refractivity contribution < 1.29 is 8.81 Å². The number of nitrogens with zero attached hydrogens (tertiary/aromatic N) is 3. The number of hydrogen-bond acceptors (Lipinski definition) is 5. The van der Waals surface area contributed by atoms with E-state index in [1.165, 1.54) is 23.9 Å². The van der Waals surface area contributed by atoms with Crippen LogP contribution >= 0.6 is 11.8 Å². The molecule has 120 valence electrons. The van der Waals surface area contributed by atoms with Crippen LogP contribution in [0.5, 0.6) is 0 Å². The molecule has 0 amide bonds. The number of aromatic nitrogens is 4. The molecule has 0 radical (unpaired) electrons. The largest absolute Gasteiger partial charge is 0.444 e. The maximum Gasteiger partial charge on any atom is 0.226 e. The molecule has 0 aliphatic heterocycles. The van der Waals surface area contributed by atoms with Gasteiger partial charge in [-0.3, -0.25) is 5.10 Å². The second-order valence-electron chi connectivity index (χ2n) is 6.16. The average molecular weight is 332 g/mol. The molecule has 2 heterocycles. The Bertz CT molecular complexity index is 789. The molecule has 3 aromatic rings. The van der Waals surface area contributed by atoms with Crippen molar-refractivity contribution in [2.75, 3.05) is 0 Å². The van der Waals surface area contributed by atoms with Crippen molar-refractivity contribution in [1.29, 1.82) is 0 Å². The number of nitrogens with one attached hydrogen (secondary N) is 1. The second-order valence-corrected chi connectivity index (χ2v) is 7.10. The summed E-state index contributed by atoms with van der Waals surface area (Å²) in [5, 5.41) is 7.84. The Morgan fingerprint density at radius 3 is 2.57 bits per heavy atom. The molecule has 1 aromatic carbocycles. The molecule has 0 saturated heterocycles. The van der Waals surface area contributed by atoms with Crippen LogP contribution in [0, 0.1) is 5.82 Å². The average Bonchev–Trinajstić information content (AvgIpc) is 3.15. The predicted molar refractivity (Wildman–Crippen MR) is 86.5 cm³/mol. The highest BCUT2D eigenvalue weighted by Gasteiger charge is 2.19. The lowest BCUT2D eigenvalue weighted by Gasteiger charge is -2.12. The number of benzene rings is 1. The Hall–Kier alpha value is -2.15. The molecule has 0 spiro atoms. The molecule has 0 bridgehead atoms. The molecule has 0 atom stereocenters. The summed E-state index contributed by atoms with van der Waals surface area (Å²) >= 11 is 1.49. The SMILES string of the molecule is CC(C)(C)c1nc(SCc2coc(-c3ccc(F)cc3)n2)n[nH]1.